The summed E-state index contributed by atoms with van der Waals surface area (Å²) in [6.45, 7) is 1.92. The van der Waals surface area contributed by atoms with Crippen molar-refractivity contribution in [1.82, 2.24) is 5.32 Å². The third-order valence-corrected chi connectivity index (χ3v) is 2.09. The van der Waals surface area contributed by atoms with Gasteiger partial charge >= 0.3 is 0 Å². The molecule has 0 spiro atoms. The van der Waals surface area contributed by atoms with Crippen LogP contribution in [0.25, 0.3) is 0 Å². The van der Waals surface area contributed by atoms with E-state index in [0.29, 0.717) is 17.7 Å². The predicted octanol–water partition coefficient (Wildman–Crippen LogP) is 0.770. The van der Waals surface area contributed by atoms with Crippen molar-refractivity contribution in [2.45, 2.75) is 19.4 Å². The van der Waals surface area contributed by atoms with Crippen LogP contribution in [-0.2, 0) is 0 Å². The van der Waals surface area contributed by atoms with Gasteiger partial charge in [-0.3, -0.25) is 4.79 Å². The highest BCUT2D eigenvalue weighted by molar-refractivity contribution is 5.95. The van der Waals surface area contributed by atoms with Crippen molar-refractivity contribution in [3.63, 3.8) is 0 Å². The highest BCUT2D eigenvalue weighted by Gasteiger charge is 2.08. The lowest BCUT2D eigenvalue weighted by atomic mass is 10.1. The van der Waals surface area contributed by atoms with Crippen molar-refractivity contribution < 1.29 is 9.90 Å². The van der Waals surface area contributed by atoms with Crippen LogP contribution in [-0.4, -0.2) is 23.7 Å². The van der Waals surface area contributed by atoms with E-state index in [1.165, 1.54) is 0 Å². The van der Waals surface area contributed by atoms with Crippen molar-refractivity contribution in [3.8, 4) is 0 Å². The number of nitrogens with two attached hydrogens (primary N) is 1. The number of aliphatic hydroxyl groups is 1. The summed E-state index contributed by atoms with van der Waals surface area (Å²) in [6, 6.07) is 6.76. The molecule has 1 aromatic rings. The topological polar surface area (TPSA) is 75.3 Å². The summed E-state index contributed by atoms with van der Waals surface area (Å²) in [4.78, 5) is 11.6. The number of hydrogen-bond acceptors (Lipinski definition) is 3. The number of nitrogens with one attached hydrogen (secondary N) is 1. The molecule has 15 heavy (non-hydrogen) atoms. The van der Waals surface area contributed by atoms with Gasteiger partial charge in [0.15, 0.2) is 0 Å². The zero-order valence-corrected chi connectivity index (χ0v) is 8.73. The summed E-state index contributed by atoms with van der Waals surface area (Å²) in [7, 11) is 0. The minimum atomic E-state index is -0.164. The highest BCUT2D eigenvalue weighted by atomic mass is 16.3. The maximum Gasteiger partial charge on any atom is 0.251 e. The molecule has 0 fully saturated rings. The van der Waals surface area contributed by atoms with Gasteiger partial charge in [-0.2, -0.15) is 0 Å². The smallest absolute Gasteiger partial charge is 0.251 e. The second-order valence-corrected chi connectivity index (χ2v) is 3.51. The van der Waals surface area contributed by atoms with Gasteiger partial charge in [-0.25, -0.2) is 0 Å². The normalized spacial score (nSPS) is 12.1. The first-order valence-corrected chi connectivity index (χ1v) is 4.90. The summed E-state index contributed by atoms with van der Waals surface area (Å²) < 4.78 is 0. The van der Waals surface area contributed by atoms with Crippen molar-refractivity contribution in [1.29, 1.82) is 0 Å². The van der Waals surface area contributed by atoms with E-state index in [0.717, 1.165) is 0 Å². The Bertz CT molecular complexity index is 339. The third-order valence-electron chi connectivity index (χ3n) is 2.09. The standard InChI is InChI=1S/C11H16N2O2/c1-8(5-6-14)13-11(15)9-3-2-4-10(12)7-9/h2-4,7-8,14H,5-6,12H2,1H3,(H,13,15). The van der Waals surface area contributed by atoms with Gasteiger partial charge in [0.2, 0.25) is 0 Å². The molecule has 4 N–H and O–H groups in total. The van der Waals surface area contributed by atoms with E-state index in [-0.39, 0.29) is 18.6 Å². The summed E-state index contributed by atoms with van der Waals surface area (Å²) in [6.07, 6.45) is 0.550. The molecule has 0 bridgehead atoms. The predicted molar refractivity (Wildman–Crippen MR) is 59.5 cm³/mol. The van der Waals surface area contributed by atoms with Gasteiger partial charge in [0.05, 0.1) is 0 Å². The van der Waals surface area contributed by atoms with Crippen molar-refractivity contribution in [2.24, 2.45) is 0 Å². The van der Waals surface area contributed by atoms with Crippen LogP contribution >= 0.6 is 0 Å². The van der Waals surface area contributed by atoms with Crippen LogP contribution in [0.1, 0.15) is 23.7 Å². The average molecular weight is 208 g/mol. The van der Waals surface area contributed by atoms with Crippen LogP contribution in [0, 0.1) is 0 Å². The molecule has 0 saturated heterocycles. The zero-order valence-electron chi connectivity index (χ0n) is 8.73. The Morgan fingerprint density at radius 1 is 1.60 bits per heavy atom. The number of carbonyl (C=O) groups is 1. The molecule has 0 saturated carbocycles. The van der Waals surface area contributed by atoms with Gasteiger partial charge in [-0.1, -0.05) is 6.07 Å². The van der Waals surface area contributed by atoms with Crippen LogP contribution < -0.4 is 11.1 Å². The van der Waals surface area contributed by atoms with Gasteiger partial charge in [-0.15, -0.1) is 0 Å². The lowest BCUT2D eigenvalue weighted by Crippen LogP contribution is -2.33. The van der Waals surface area contributed by atoms with E-state index in [1.54, 1.807) is 24.3 Å². The number of aliphatic hydroxyl groups excluding tert-OH is 1. The fourth-order valence-corrected chi connectivity index (χ4v) is 1.25. The van der Waals surface area contributed by atoms with Crippen molar-refractivity contribution in [2.75, 3.05) is 12.3 Å². The molecular formula is C11H16N2O2. The van der Waals surface area contributed by atoms with Gasteiger partial charge < -0.3 is 16.2 Å². The molecule has 1 unspecified atom stereocenters. The van der Waals surface area contributed by atoms with Crippen LogP contribution in [0.2, 0.25) is 0 Å². The molecule has 1 amide bonds. The minimum absolute atomic E-state index is 0.0380. The van der Waals surface area contributed by atoms with E-state index >= 15 is 0 Å². The van der Waals surface area contributed by atoms with Crippen molar-refractivity contribution in [3.05, 3.63) is 29.8 Å². The largest absolute Gasteiger partial charge is 0.399 e. The second kappa shape index (κ2) is 5.36. The number of rotatable bonds is 4. The maximum atomic E-state index is 11.6. The van der Waals surface area contributed by atoms with E-state index in [4.69, 9.17) is 10.8 Å². The Balaban J connectivity index is 2.61. The molecule has 4 nitrogen and oxygen atoms in total. The fourth-order valence-electron chi connectivity index (χ4n) is 1.25. The van der Waals surface area contributed by atoms with E-state index < -0.39 is 0 Å². The van der Waals surface area contributed by atoms with Crippen LogP contribution in [0.4, 0.5) is 5.69 Å². The molecular weight excluding hydrogens is 192 g/mol. The minimum Gasteiger partial charge on any atom is -0.399 e. The zero-order chi connectivity index (χ0) is 11.3. The molecule has 0 aromatic heterocycles. The van der Waals surface area contributed by atoms with Crippen LogP contribution in [0.5, 0.6) is 0 Å². The number of amides is 1. The number of carbonyl (C=O) groups excluding carboxylic acids is 1. The molecule has 82 valence electrons. The monoisotopic (exact) mass is 208 g/mol. The molecule has 0 aliphatic rings. The number of nitrogen functional groups attached to an aromatic ring is 1. The van der Waals surface area contributed by atoms with Gasteiger partial charge in [0.25, 0.3) is 5.91 Å². The van der Waals surface area contributed by atoms with Gasteiger partial charge in [0.1, 0.15) is 0 Å². The Hall–Kier alpha value is -1.55. The SMILES string of the molecule is CC(CCO)NC(=O)c1cccc(N)c1. The number of benzene rings is 1. The van der Waals surface area contributed by atoms with Gasteiger partial charge in [0, 0.05) is 23.9 Å². The quantitative estimate of drug-likeness (QED) is 0.640. The lowest BCUT2D eigenvalue weighted by molar-refractivity contribution is 0.0934. The molecule has 0 heterocycles. The van der Waals surface area contributed by atoms with Crippen molar-refractivity contribution >= 4 is 11.6 Å². The molecule has 0 radical (unpaired) electrons. The number of hydrogen-bond donors (Lipinski definition) is 3. The second-order valence-electron chi connectivity index (χ2n) is 3.51. The third kappa shape index (κ3) is 3.59. The Morgan fingerprint density at radius 2 is 2.33 bits per heavy atom. The molecule has 1 atom stereocenters. The molecule has 4 heteroatoms. The van der Waals surface area contributed by atoms with E-state index in [9.17, 15) is 4.79 Å². The lowest BCUT2D eigenvalue weighted by Gasteiger charge is -2.12. The summed E-state index contributed by atoms with van der Waals surface area (Å²) in [5, 5.41) is 11.5. The molecule has 1 rings (SSSR count). The first kappa shape index (κ1) is 11.5. The Kier molecular flexibility index (Phi) is 4.12. The fraction of sp³-hybridized carbons (Fsp3) is 0.364. The van der Waals surface area contributed by atoms with Crippen LogP contribution in [0.15, 0.2) is 24.3 Å². The van der Waals surface area contributed by atoms with Gasteiger partial charge in [-0.05, 0) is 31.5 Å². The average Bonchev–Trinajstić information content (AvgIpc) is 2.18. The van der Waals surface area contributed by atoms with E-state index in [1.807, 2.05) is 6.92 Å². The first-order chi connectivity index (χ1) is 7.13. The molecule has 0 aliphatic carbocycles. The summed E-state index contributed by atoms with van der Waals surface area (Å²) >= 11 is 0. The highest BCUT2D eigenvalue weighted by Crippen LogP contribution is 2.06. The van der Waals surface area contributed by atoms with E-state index in [2.05, 4.69) is 5.32 Å². The van der Waals surface area contributed by atoms with Crippen LogP contribution in [0.3, 0.4) is 0 Å². The summed E-state index contributed by atoms with van der Waals surface area (Å²) in [5.74, 6) is -0.164. The first-order valence-electron chi connectivity index (χ1n) is 4.90. The maximum absolute atomic E-state index is 11.6. The molecule has 1 aromatic carbocycles. The Labute approximate surface area is 89.1 Å². The molecule has 0 aliphatic heterocycles. The number of anilines is 1. The Morgan fingerprint density at radius 3 is 2.93 bits per heavy atom. The summed E-state index contributed by atoms with van der Waals surface area (Å²) in [5.41, 5.74) is 6.67.